The first kappa shape index (κ1) is 18.3. The van der Waals surface area contributed by atoms with Gasteiger partial charge in [0.05, 0.1) is 23.4 Å². The van der Waals surface area contributed by atoms with Crippen molar-refractivity contribution in [3.63, 3.8) is 0 Å². The van der Waals surface area contributed by atoms with Crippen LogP contribution >= 0.6 is 15.9 Å². The average Bonchev–Trinajstić information content (AvgIpc) is 3.16. The summed E-state index contributed by atoms with van der Waals surface area (Å²) in [4.78, 5) is 38.2. The zero-order chi connectivity index (χ0) is 18.8. The molecule has 26 heavy (non-hydrogen) atoms. The first-order valence-electron chi connectivity index (χ1n) is 8.41. The summed E-state index contributed by atoms with van der Waals surface area (Å²) in [7, 11) is 0. The van der Waals surface area contributed by atoms with E-state index in [0.29, 0.717) is 16.9 Å². The van der Waals surface area contributed by atoms with Crippen molar-refractivity contribution in [3.05, 3.63) is 46.1 Å². The maximum absolute atomic E-state index is 12.4. The van der Waals surface area contributed by atoms with Gasteiger partial charge < -0.3 is 5.32 Å². The second kappa shape index (κ2) is 7.41. The maximum atomic E-state index is 12.4. The Bertz CT molecular complexity index is 877. The number of aromatic nitrogens is 2. The lowest BCUT2D eigenvalue weighted by atomic mass is 10.1. The van der Waals surface area contributed by atoms with Crippen molar-refractivity contribution in [2.45, 2.75) is 32.7 Å². The molecule has 0 fully saturated rings. The number of imide groups is 1. The number of amides is 3. The third kappa shape index (κ3) is 3.41. The van der Waals surface area contributed by atoms with Gasteiger partial charge in [0.2, 0.25) is 5.91 Å². The predicted molar refractivity (Wildman–Crippen MR) is 100.0 cm³/mol. The quantitative estimate of drug-likeness (QED) is 0.729. The molecule has 1 aliphatic heterocycles. The van der Waals surface area contributed by atoms with E-state index >= 15 is 0 Å². The Labute approximate surface area is 159 Å². The van der Waals surface area contributed by atoms with Gasteiger partial charge in [0.25, 0.3) is 11.8 Å². The van der Waals surface area contributed by atoms with Crippen molar-refractivity contribution in [1.29, 1.82) is 0 Å². The Balaban J connectivity index is 1.63. The fourth-order valence-electron chi connectivity index (χ4n) is 2.82. The molecule has 1 aromatic heterocycles. The van der Waals surface area contributed by atoms with Crippen LogP contribution in [-0.4, -0.2) is 38.9 Å². The SMILES string of the molecule is CCC(C)n1nccc1NC(=O)CCN1C(=O)c2ccc(Br)cc2C1=O. The monoisotopic (exact) mass is 418 g/mol. The van der Waals surface area contributed by atoms with Crippen molar-refractivity contribution >= 4 is 39.5 Å². The summed E-state index contributed by atoms with van der Waals surface area (Å²) in [6.45, 7) is 4.09. The topological polar surface area (TPSA) is 84.3 Å². The molecule has 1 aliphatic rings. The van der Waals surface area contributed by atoms with E-state index in [1.165, 1.54) is 0 Å². The molecule has 1 N–H and O–H groups in total. The van der Waals surface area contributed by atoms with Gasteiger partial charge in [0, 0.05) is 23.5 Å². The molecule has 136 valence electrons. The van der Waals surface area contributed by atoms with Gasteiger partial charge >= 0.3 is 0 Å². The van der Waals surface area contributed by atoms with Crippen molar-refractivity contribution in [2.75, 3.05) is 11.9 Å². The fourth-order valence-corrected chi connectivity index (χ4v) is 3.18. The molecule has 0 aliphatic carbocycles. The molecule has 3 rings (SSSR count). The maximum Gasteiger partial charge on any atom is 0.261 e. The van der Waals surface area contributed by atoms with Crippen molar-refractivity contribution in [1.82, 2.24) is 14.7 Å². The van der Waals surface area contributed by atoms with Gasteiger partial charge in [0.1, 0.15) is 5.82 Å². The molecular weight excluding hydrogens is 400 g/mol. The molecule has 1 unspecified atom stereocenters. The van der Waals surface area contributed by atoms with Crippen molar-refractivity contribution < 1.29 is 14.4 Å². The highest BCUT2D eigenvalue weighted by atomic mass is 79.9. The number of nitrogens with zero attached hydrogens (tertiary/aromatic N) is 3. The summed E-state index contributed by atoms with van der Waals surface area (Å²) in [5.74, 6) is -0.401. The van der Waals surface area contributed by atoms with Crippen LogP contribution in [0.1, 0.15) is 53.4 Å². The minimum Gasteiger partial charge on any atom is -0.311 e. The largest absolute Gasteiger partial charge is 0.311 e. The van der Waals surface area contributed by atoms with Gasteiger partial charge in [-0.2, -0.15) is 5.10 Å². The second-order valence-corrected chi connectivity index (χ2v) is 7.08. The van der Waals surface area contributed by atoms with Crippen molar-refractivity contribution in [3.8, 4) is 0 Å². The molecular formula is C18H19BrN4O3. The summed E-state index contributed by atoms with van der Waals surface area (Å²) in [5.41, 5.74) is 0.730. The van der Waals surface area contributed by atoms with E-state index in [1.54, 1.807) is 35.1 Å². The smallest absolute Gasteiger partial charge is 0.261 e. The third-order valence-electron chi connectivity index (χ3n) is 4.44. The Morgan fingerprint density at radius 2 is 1.96 bits per heavy atom. The number of carbonyl (C=O) groups excluding carboxylic acids is 3. The van der Waals surface area contributed by atoms with E-state index in [9.17, 15) is 14.4 Å². The second-order valence-electron chi connectivity index (χ2n) is 6.17. The third-order valence-corrected chi connectivity index (χ3v) is 4.93. The van der Waals surface area contributed by atoms with Crippen LogP contribution in [0.5, 0.6) is 0 Å². The van der Waals surface area contributed by atoms with E-state index in [0.717, 1.165) is 15.8 Å². The van der Waals surface area contributed by atoms with Crippen LogP contribution in [0.2, 0.25) is 0 Å². The Morgan fingerprint density at radius 3 is 2.69 bits per heavy atom. The number of hydrogen-bond donors (Lipinski definition) is 1. The number of halogens is 1. The summed E-state index contributed by atoms with van der Waals surface area (Å²) >= 11 is 3.30. The molecule has 0 saturated carbocycles. The molecule has 2 heterocycles. The lowest BCUT2D eigenvalue weighted by Crippen LogP contribution is -2.33. The predicted octanol–water partition coefficient (Wildman–Crippen LogP) is 3.24. The molecule has 0 radical (unpaired) electrons. The number of carbonyl (C=O) groups is 3. The number of benzene rings is 1. The highest BCUT2D eigenvalue weighted by molar-refractivity contribution is 9.10. The number of rotatable bonds is 6. The van der Waals surface area contributed by atoms with Gasteiger partial charge in [-0.3, -0.25) is 19.3 Å². The van der Waals surface area contributed by atoms with Crippen LogP contribution < -0.4 is 5.32 Å². The lowest BCUT2D eigenvalue weighted by molar-refractivity contribution is -0.116. The highest BCUT2D eigenvalue weighted by Gasteiger charge is 2.35. The zero-order valence-corrected chi connectivity index (χ0v) is 16.1. The number of fused-ring (bicyclic) bond motifs is 1. The minimum atomic E-state index is -0.372. The van der Waals surface area contributed by atoms with Gasteiger partial charge in [-0.15, -0.1) is 0 Å². The lowest BCUT2D eigenvalue weighted by Gasteiger charge is -2.16. The first-order chi connectivity index (χ1) is 12.4. The number of hydrogen-bond acceptors (Lipinski definition) is 4. The molecule has 7 nitrogen and oxygen atoms in total. The molecule has 0 spiro atoms. The molecule has 8 heteroatoms. The van der Waals surface area contributed by atoms with E-state index in [1.807, 2.05) is 13.8 Å². The van der Waals surface area contributed by atoms with E-state index < -0.39 is 0 Å². The molecule has 1 aromatic carbocycles. The van der Waals surface area contributed by atoms with Crippen LogP contribution in [-0.2, 0) is 4.79 Å². The van der Waals surface area contributed by atoms with Crippen LogP contribution in [0.15, 0.2) is 34.9 Å². The Morgan fingerprint density at radius 1 is 1.23 bits per heavy atom. The van der Waals surface area contributed by atoms with Crippen LogP contribution in [0.3, 0.4) is 0 Å². The average molecular weight is 419 g/mol. The summed E-state index contributed by atoms with van der Waals surface area (Å²) in [5, 5.41) is 7.01. The minimum absolute atomic E-state index is 0.0261. The molecule has 0 saturated heterocycles. The zero-order valence-electron chi connectivity index (χ0n) is 14.5. The summed E-state index contributed by atoms with van der Waals surface area (Å²) in [6.07, 6.45) is 2.54. The molecule has 3 amide bonds. The van der Waals surface area contributed by atoms with Gasteiger partial charge in [0.15, 0.2) is 0 Å². The number of anilines is 1. The summed E-state index contributed by atoms with van der Waals surface area (Å²) in [6, 6.07) is 6.85. The van der Waals surface area contributed by atoms with Crippen LogP contribution in [0, 0.1) is 0 Å². The standard InChI is InChI=1S/C18H19BrN4O3/c1-3-11(2)23-15(6-8-20-23)21-16(24)7-9-22-17(25)13-5-4-12(19)10-14(13)18(22)26/h4-6,8,10-11H,3,7,9H2,1-2H3,(H,21,24). The normalized spacial score (nSPS) is 14.5. The highest BCUT2D eigenvalue weighted by Crippen LogP contribution is 2.26. The van der Waals surface area contributed by atoms with Crippen molar-refractivity contribution in [2.24, 2.45) is 0 Å². The molecule has 1 atom stereocenters. The summed E-state index contributed by atoms with van der Waals surface area (Å²) < 4.78 is 2.48. The van der Waals surface area contributed by atoms with E-state index in [2.05, 4.69) is 26.3 Å². The molecule has 0 bridgehead atoms. The Kier molecular flexibility index (Phi) is 5.22. The van der Waals surface area contributed by atoms with E-state index in [-0.39, 0.29) is 36.7 Å². The first-order valence-corrected chi connectivity index (χ1v) is 9.20. The van der Waals surface area contributed by atoms with Crippen LogP contribution in [0.4, 0.5) is 5.82 Å². The fraction of sp³-hybridized carbons (Fsp3) is 0.333. The number of nitrogens with one attached hydrogen (secondary N) is 1. The Hall–Kier alpha value is -2.48. The van der Waals surface area contributed by atoms with Gasteiger partial charge in [-0.25, -0.2) is 4.68 Å². The van der Waals surface area contributed by atoms with Gasteiger partial charge in [-0.1, -0.05) is 22.9 Å². The molecule has 2 aromatic rings. The van der Waals surface area contributed by atoms with Crippen LogP contribution in [0.25, 0.3) is 0 Å². The van der Waals surface area contributed by atoms with E-state index in [4.69, 9.17) is 0 Å². The van der Waals surface area contributed by atoms with Gasteiger partial charge in [-0.05, 0) is 31.5 Å².